The van der Waals surface area contributed by atoms with Gasteiger partial charge in [0.25, 0.3) is 0 Å². The van der Waals surface area contributed by atoms with Gasteiger partial charge in [0.1, 0.15) is 0 Å². The van der Waals surface area contributed by atoms with Crippen LogP contribution in [0.2, 0.25) is 0 Å². The molecule has 0 heterocycles. The van der Waals surface area contributed by atoms with E-state index < -0.39 is 0 Å². The number of hydrogen-bond donors (Lipinski definition) is 0. The second-order valence-electron chi connectivity index (χ2n) is 1.21. The Balaban J connectivity index is 0. The van der Waals surface area contributed by atoms with Gasteiger partial charge in [-0.05, 0) is 0 Å². The molecule has 0 saturated heterocycles. The summed E-state index contributed by atoms with van der Waals surface area (Å²) in [5.41, 5.74) is 0. The van der Waals surface area contributed by atoms with Gasteiger partial charge in [0.15, 0.2) is 0 Å². The summed E-state index contributed by atoms with van der Waals surface area (Å²) in [4.78, 5) is 0. The van der Waals surface area contributed by atoms with Gasteiger partial charge in [0.2, 0.25) is 0 Å². The standard InChI is InChI=1S/C6H4Br.ClH.Zn/c7-6-4-2-1-3-5-6;;/h1-4H;1H;/q-1;;. The Bertz CT molecular complexity index is 143. The molecule has 0 amide bonds. The molecule has 0 nitrogen and oxygen atoms in total. The molecule has 0 unspecified atom stereocenters. The van der Waals surface area contributed by atoms with E-state index in [1.165, 1.54) is 0 Å². The van der Waals surface area contributed by atoms with Crippen molar-refractivity contribution >= 4 is 28.3 Å². The molecule has 0 N–H and O–H groups in total. The summed E-state index contributed by atoms with van der Waals surface area (Å²) < 4.78 is 1.01. The van der Waals surface area contributed by atoms with Crippen molar-refractivity contribution in [1.29, 1.82) is 0 Å². The van der Waals surface area contributed by atoms with Crippen LogP contribution in [0.15, 0.2) is 28.7 Å². The van der Waals surface area contributed by atoms with Crippen LogP contribution in [0, 0.1) is 6.07 Å². The molecule has 1 aromatic rings. The first kappa shape index (κ1) is 12.3. The van der Waals surface area contributed by atoms with Crippen molar-refractivity contribution in [2.45, 2.75) is 0 Å². The summed E-state index contributed by atoms with van der Waals surface area (Å²) >= 11 is 3.26. The summed E-state index contributed by atoms with van der Waals surface area (Å²) in [5.74, 6) is 0. The Morgan fingerprint density at radius 2 is 2.00 bits per heavy atom. The third-order valence-corrected chi connectivity index (χ3v) is 1.16. The van der Waals surface area contributed by atoms with Crippen LogP contribution in [0.4, 0.5) is 0 Å². The number of rotatable bonds is 0. The topological polar surface area (TPSA) is 0 Å². The molecule has 0 atom stereocenters. The molecule has 1 aromatic carbocycles. The van der Waals surface area contributed by atoms with Crippen LogP contribution in [0.25, 0.3) is 0 Å². The van der Waals surface area contributed by atoms with Crippen LogP contribution in [-0.2, 0) is 19.5 Å². The Kier molecular flexibility index (Phi) is 9.20. The zero-order chi connectivity index (χ0) is 5.11. The van der Waals surface area contributed by atoms with Crippen molar-refractivity contribution in [1.82, 2.24) is 0 Å². The quantitative estimate of drug-likeness (QED) is 0.495. The zero-order valence-corrected chi connectivity index (χ0v) is 10.2. The summed E-state index contributed by atoms with van der Waals surface area (Å²) in [6, 6.07) is 10.7. The number of halogens is 2. The second-order valence-corrected chi connectivity index (χ2v) is 2.06. The van der Waals surface area contributed by atoms with Gasteiger partial charge in [-0.3, -0.25) is 0 Å². The van der Waals surface area contributed by atoms with Gasteiger partial charge in [0.05, 0.1) is 0 Å². The van der Waals surface area contributed by atoms with E-state index in [9.17, 15) is 0 Å². The fraction of sp³-hybridized carbons (Fsp3) is 0. The SMILES string of the molecule is Brc1[c-]cccc1.Cl.[Zn]. The van der Waals surface area contributed by atoms with Crippen LogP contribution >= 0.6 is 28.3 Å². The summed E-state index contributed by atoms with van der Waals surface area (Å²) in [7, 11) is 0. The van der Waals surface area contributed by atoms with E-state index in [2.05, 4.69) is 22.0 Å². The molecular weight excluding hydrogens is 253 g/mol. The molecule has 9 heavy (non-hydrogen) atoms. The van der Waals surface area contributed by atoms with Crippen molar-refractivity contribution in [2.75, 3.05) is 0 Å². The van der Waals surface area contributed by atoms with E-state index >= 15 is 0 Å². The first-order valence-corrected chi connectivity index (χ1v) is 2.81. The van der Waals surface area contributed by atoms with Gasteiger partial charge in [-0.1, -0.05) is 20.4 Å². The van der Waals surface area contributed by atoms with E-state index in [1.54, 1.807) is 0 Å². The van der Waals surface area contributed by atoms with Crippen LogP contribution in [-0.4, -0.2) is 0 Å². The predicted molar refractivity (Wildman–Crippen MR) is 40.2 cm³/mol. The minimum Gasteiger partial charge on any atom is -0.176 e. The Labute approximate surface area is 82.3 Å². The minimum absolute atomic E-state index is 0. The largest absolute Gasteiger partial charge is 0.176 e. The van der Waals surface area contributed by atoms with Crippen molar-refractivity contribution in [3.05, 3.63) is 34.8 Å². The Morgan fingerprint density at radius 3 is 2.22 bits per heavy atom. The average Bonchev–Trinajstić information content (AvgIpc) is 1.69. The van der Waals surface area contributed by atoms with E-state index in [1.807, 2.05) is 24.3 Å². The predicted octanol–water partition coefficient (Wildman–Crippen LogP) is 2.67. The monoisotopic (exact) mass is 255 g/mol. The van der Waals surface area contributed by atoms with Crippen molar-refractivity contribution in [3.63, 3.8) is 0 Å². The molecule has 46 valence electrons. The average molecular weight is 258 g/mol. The third kappa shape index (κ3) is 5.08. The van der Waals surface area contributed by atoms with Crippen molar-refractivity contribution < 1.29 is 19.5 Å². The minimum atomic E-state index is 0. The third-order valence-electron chi connectivity index (χ3n) is 0.671. The molecule has 3 heteroatoms. The fourth-order valence-electron chi connectivity index (χ4n) is 0.371. The van der Waals surface area contributed by atoms with Crippen molar-refractivity contribution in [2.24, 2.45) is 0 Å². The summed E-state index contributed by atoms with van der Waals surface area (Å²) in [6.45, 7) is 0. The van der Waals surface area contributed by atoms with E-state index in [0.29, 0.717) is 0 Å². The first-order chi connectivity index (χ1) is 3.39. The molecule has 0 aliphatic carbocycles. The maximum Gasteiger partial charge on any atom is 0 e. The van der Waals surface area contributed by atoms with Crippen LogP contribution in [0.1, 0.15) is 0 Å². The molecule has 0 fully saturated rings. The normalized spacial score (nSPS) is 6.78. The van der Waals surface area contributed by atoms with E-state index in [4.69, 9.17) is 0 Å². The maximum absolute atomic E-state index is 3.26. The molecular formula is C6H5BrClZn-. The first-order valence-electron chi connectivity index (χ1n) is 2.02. The van der Waals surface area contributed by atoms with Gasteiger partial charge in [-0.25, -0.2) is 0 Å². The molecule has 0 saturated carbocycles. The second kappa shape index (κ2) is 6.73. The van der Waals surface area contributed by atoms with Crippen LogP contribution in [0.3, 0.4) is 0 Å². The van der Waals surface area contributed by atoms with Crippen LogP contribution in [0.5, 0.6) is 0 Å². The zero-order valence-electron chi connectivity index (χ0n) is 4.80. The molecule has 0 aromatic heterocycles. The number of benzene rings is 1. The smallest absolute Gasteiger partial charge is 0 e. The molecule has 0 spiro atoms. The number of hydrogen-bond acceptors (Lipinski definition) is 0. The van der Waals surface area contributed by atoms with Gasteiger partial charge in [-0.2, -0.15) is 30.3 Å². The van der Waals surface area contributed by atoms with Gasteiger partial charge in [0, 0.05) is 19.5 Å². The van der Waals surface area contributed by atoms with Gasteiger partial charge in [-0.15, -0.1) is 12.4 Å². The molecule has 0 aliphatic rings. The molecule has 0 radical (unpaired) electrons. The molecule has 0 bridgehead atoms. The molecule has 1 rings (SSSR count). The van der Waals surface area contributed by atoms with Crippen LogP contribution < -0.4 is 0 Å². The van der Waals surface area contributed by atoms with E-state index in [0.717, 1.165) is 4.47 Å². The fourth-order valence-corrected chi connectivity index (χ4v) is 0.656. The Hall–Kier alpha value is 0.613. The molecule has 0 aliphatic heterocycles. The van der Waals surface area contributed by atoms with E-state index in [-0.39, 0.29) is 31.9 Å². The van der Waals surface area contributed by atoms with Gasteiger partial charge < -0.3 is 0 Å². The van der Waals surface area contributed by atoms with Crippen molar-refractivity contribution in [3.8, 4) is 0 Å². The van der Waals surface area contributed by atoms with Gasteiger partial charge >= 0.3 is 0 Å². The summed E-state index contributed by atoms with van der Waals surface area (Å²) in [6.07, 6.45) is 0. The summed E-state index contributed by atoms with van der Waals surface area (Å²) in [5, 5.41) is 0. The maximum atomic E-state index is 3.26. The Morgan fingerprint density at radius 1 is 1.33 bits per heavy atom.